The number of carboxylic acids is 1. The van der Waals surface area contributed by atoms with Gasteiger partial charge in [-0.05, 0) is 27.8 Å². The average molecular weight is 537 g/mol. The number of carbonyl (C=O) groups excluding carboxylic acids is 2. The predicted octanol–water partition coefficient (Wildman–Crippen LogP) is -1.37. The molecule has 1 radical (unpaired) electrons. The van der Waals surface area contributed by atoms with E-state index in [1.165, 1.54) is 4.68 Å². The summed E-state index contributed by atoms with van der Waals surface area (Å²) in [6.45, 7) is -0.379. The first kappa shape index (κ1) is 28.8. The van der Waals surface area contributed by atoms with Crippen molar-refractivity contribution in [3.63, 3.8) is 0 Å². The summed E-state index contributed by atoms with van der Waals surface area (Å²) in [5.41, 5.74) is -7.03. The van der Waals surface area contributed by atoms with Crippen LogP contribution in [-0.2, 0) is 30.4 Å². The molecule has 1 aromatic rings. The quantitative estimate of drug-likeness (QED) is 0.139. The number of aromatic nitrogens is 4. The van der Waals surface area contributed by atoms with Gasteiger partial charge in [0.1, 0.15) is 5.70 Å². The molecular formula is C15H17F3N6NaO7S2. The number of halogens is 3. The maximum absolute atomic E-state index is 12.8. The Morgan fingerprint density at radius 2 is 2.12 bits per heavy atom. The number of aliphatic hydroxyl groups is 1. The van der Waals surface area contributed by atoms with E-state index in [2.05, 4.69) is 20.8 Å². The number of carbonyl (C=O) groups is 3. The Morgan fingerprint density at radius 3 is 2.71 bits per heavy atom. The number of rotatable bonds is 10. The summed E-state index contributed by atoms with van der Waals surface area (Å²) in [6, 6.07) is 0. The molecule has 1 fully saturated rings. The zero-order valence-corrected chi connectivity index (χ0v) is 21.4. The van der Waals surface area contributed by atoms with Gasteiger partial charge in [-0.1, -0.05) is 11.8 Å². The van der Waals surface area contributed by atoms with Gasteiger partial charge >= 0.3 is 11.5 Å². The molecule has 19 heteroatoms. The van der Waals surface area contributed by atoms with Gasteiger partial charge in [-0.2, -0.15) is 13.2 Å². The van der Waals surface area contributed by atoms with E-state index in [4.69, 9.17) is 14.6 Å². The van der Waals surface area contributed by atoms with Gasteiger partial charge in [0.05, 0.1) is 25.5 Å². The normalized spacial score (nSPS) is 22.1. The average Bonchev–Trinajstić information content (AvgIpc) is 3.20. The van der Waals surface area contributed by atoms with Gasteiger partial charge in [0.25, 0.3) is 11.6 Å². The molecule has 3 rings (SSSR count). The smallest absolute Gasteiger partial charge is 0.442 e. The van der Waals surface area contributed by atoms with E-state index in [0.29, 0.717) is 5.16 Å². The third kappa shape index (κ3) is 5.86. The molecule has 0 bridgehead atoms. The van der Waals surface area contributed by atoms with Gasteiger partial charge in [-0.3, -0.25) is 14.5 Å². The Bertz CT molecular complexity index is 981. The van der Waals surface area contributed by atoms with Crippen LogP contribution in [0.5, 0.6) is 0 Å². The zero-order chi connectivity index (χ0) is 24.4. The molecule has 0 saturated carbocycles. The molecule has 34 heavy (non-hydrogen) atoms. The molecule has 2 atom stereocenters. The van der Waals surface area contributed by atoms with Crippen LogP contribution in [0.3, 0.4) is 0 Å². The second-order valence-corrected chi connectivity index (χ2v) is 8.50. The number of hydrogen-bond donors (Lipinski definition) is 3. The molecule has 0 aliphatic carbocycles. The van der Waals surface area contributed by atoms with Crippen molar-refractivity contribution in [1.82, 2.24) is 30.4 Å². The van der Waals surface area contributed by atoms with Gasteiger partial charge in [-0.15, -0.1) is 5.10 Å². The van der Waals surface area contributed by atoms with Crippen LogP contribution in [-0.4, -0.2) is 132 Å². The molecule has 0 aromatic carbocycles. The van der Waals surface area contributed by atoms with Crippen molar-refractivity contribution in [1.29, 1.82) is 0 Å². The molecule has 2 aliphatic rings. The van der Waals surface area contributed by atoms with E-state index < -0.39 is 58.5 Å². The van der Waals surface area contributed by atoms with E-state index >= 15 is 0 Å². The molecule has 0 spiro atoms. The van der Waals surface area contributed by atoms with Crippen molar-refractivity contribution < 1.29 is 47.2 Å². The number of carboxylic acid groups (broad SMARTS) is 1. The number of nitrogens with zero attached hydrogens (tertiary/aromatic N) is 5. The molecule has 2 amide bonds. The number of tetrazole rings is 1. The van der Waals surface area contributed by atoms with Crippen LogP contribution in [0, 0.1) is 0 Å². The van der Waals surface area contributed by atoms with Gasteiger partial charge in [-0.25, -0.2) is 9.48 Å². The van der Waals surface area contributed by atoms with Crippen LogP contribution in [0.25, 0.3) is 0 Å². The molecule has 13 nitrogen and oxygen atoms in total. The van der Waals surface area contributed by atoms with Gasteiger partial charge in [0, 0.05) is 42.4 Å². The largest absolute Gasteiger partial charge is 0.477 e. The summed E-state index contributed by atoms with van der Waals surface area (Å²) in [4.78, 5) is 37.5. The van der Waals surface area contributed by atoms with Crippen LogP contribution >= 0.6 is 23.5 Å². The topological polar surface area (TPSA) is 169 Å². The molecule has 3 heterocycles. The first-order valence-electron chi connectivity index (χ1n) is 9.01. The van der Waals surface area contributed by atoms with E-state index in [1.807, 2.05) is 0 Å². The summed E-state index contributed by atoms with van der Waals surface area (Å²) < 4.78 is 49.0. The fraction of sp³-hybridized carbons (Fsp3) is 0.600. The van der Waals surface area contributed by atoms with Crippen LogP contribution in [0.15, 0.2) is 16.4 Å². The number of methoxy groups -OCH3 is 1. The molecule has 3 N–H and O–H groups in total. The van der Waals surface area contributed by atoms with Crippen molar-refractivity contribution in [2.45, 2.75) is 29.2 Å². The third-order valence-electron chi connectivity index (χ3n) is 4.51. The second kappa shape index (κ2) is 11.5. The molecular weight excluding hydrogens is 520 g/mol. The fourth-order valence-corrected chi connectivity index (χ4v) is 4.39. The summed E-state index contributed by atoms with van der Waals surface area (Å²) in [5, 5.41) is 32.0. The molecule has 1 aromatic heterocycles. The first-order chi connectivity index (χ1) is 15.5. The van der Waals surface area contributed by atoms with Gasteiger partial charge in [0.15, 0.2) is 6.23 Å². The Hall–Kier alpha value is -1.41. The number of alkyl halides is 3. The molecule has 2 aliphatic heterocycles. The molecule has 0 unspecified atom stereocenters. The van der Waals surface area contributed by atoms with Crippen LogP contribution in [0.4, 0.5) is 13.2 Å². The monoisotopic (exact) mass is 537 g/mol. The Morgan fingerprint density at radius 1 is 1.41 bits per heavy atom. The first-order valence-corrected chi connectivity index (χ1v) is 11.0. The van der Waals surface area contributed by atoms with Crippen LogP contribution in [0.2, 0.25) is 0 Å². The minimum atomic E-state index is -4.66. The summed E-state index contributed by atoms with van der Waals surface area (Å²) >= 11 is 0.442. The fourth-order valence-electron chi connectivity index (χ4n) is 3.13. The number of β-lactam (4-membered cyclic amide) rings is 1. The number of thioether (sulfide) groups is 2. The van der Waals surface area contributed by atoms with Crippen molar-refractivity contribution in [3.8, 4) is 0 Å². The summed E-state index contributed by atoms with van der Waals surface area (Å²) in [7, 11) is 1.03. The number of aliphatic hydroxyl groups excluding tert-OH is 1. The molecule has 1 saturated heterocycles. The van der Waals surface area contributed by atoms with Crippen molar-refractivity contribution in [2.24, 2.45) is 0 Å². The van der Waals surface area contributed by atoms with Crippen LogP contribution < -0.4 is 5.32 Å². The summed E-state index contributed by atoms with van der Waals surface area (Å²) in [5.74, 6) is -4.62. The van der Waals surface area contributed by atoms with E-state index in [0.717, 1.165) is 23.8 Å². The molecule has 183 valence electrons. The van der Waals surface area contributed by atoms with Crippen molar-refractivity contribution >= 4 is 70.9 Å². The maximum Gasteiger partial charge on any atom is 0.442 e. The third-order valence-corrected chi connectivity index (χ3v) is 6.29. The van der Waals surface area contributed by atoms with Crippen molar-refractivity contribution in [2.75, 3.05) is 31.8 Å². The Balaban J connectivity index is 0.00000408. The SMILES string of the molecule is CO[C@@]1(NC(=O)CSC(F)(F)F)C(=O)N2C(C(=O)O)=C(CSc3nnnn3CCO)CO[C@@H]21.[Na]. The number of nitrogens with one attached hydrogen (secondary N) is 1. The zero-order valence-electron chi connectivity index (χ0n) is 17.7. The van der Waals surface area contributed by atoms with Crippen molar-refractivity contribution in [3.05, 3.63) is 11.3 Å². The van der Waals surface area contributed by atoms with Gasteiger partial charge in [0.2, 0.25) is 11.1 Å². The van der Waals surface area contributed by atoms with Gasteiger partial charge < -0.3 is 25.0 Å². The maximum atomic E-state index is 12.8. The Kier molecular flexibility index (Phi) is 9.79. The minimum absolute atomic E-state index is 0. The van der Waals surface area contributed by atoms with E-state index in [9.17, 15) is 32.7 Å². The standard InChI is InChI=1S/C15H17F3N6O7S2.Na/c1-30-14(19-8(26)6-33-15(16,17)18)11(29)24-9(10(27)28)7(4-31-12(14)24)5-32-13-20-21-22-23(13)2-3-25;/h12,25H,2-6H2,1H3,(H,19,26)(H,27,28);/t12-,14+;/m1./s1. The minimum Gasteiger partial charge on any atom is -0.477 e. The number of amides is 2. The number of fused-ring (bicyclic) bond motifs is 1. The Labute approximate surface area is 220 Å². The van der Waals surface area contributed by atoms with E-state index in [1.54, 1.807) is 0 Å². The number of ether oxygens (including phenoxy) is 2. The number of aliphatic carboxylic acids is 1. The van der Waals surface area contributed by atoms with E-state index in [-0.39, 0.29) is 60.6 Å². The number of hydrogen-bond acceptors (Lipinski definition) is 11. The second-order valence-electron chi connectivity index (χ2n) is 6.52. The van der Waals surface area contributed by atoms with Crippen LogP contribution in [0.1, 0.15) is 0 Å². The predicted molar refractivity (Wildman–Crippen MR) is 109 cm³/mol. The summed E-state index contributed by atoms with van der Waals surface area (Å²) in [6.07, 6.45) is -1.39.